The minimum absolute atomic E-state index is 0.0939. The first kappa shape index (κ1) is 22.2. The molecule has 33 heavy (non-hydrogen) atoms. The van der Waals surface area contributed by atoms with Crippen LogP contribution in [-0.4, -0.2) is 38.9 Å². The molecule has 0 unspecified atom stereocenters. The molecule has 0 bridgehead atoms. The van der Waals surface area contributed by atoms with E-state index in [1.165, 1.54) is 58.4 Å². The zero-order valence-corrected chi connectivity index (χ0v) is 20.3. The smallest absolute Gasteiger partial charge is 0.260 e. The van der Waals surface area contributed by atoms with Gasteiger partial charge in [-0.3, -0.25) is 14.9 Å². The van der Waals surface area contributed by atoms with E-state index in [9.17, 15) is 9.59 Å². The van der Waals surface area contributed by atoms with E-state index in [-0.39, 0.29) is 17.2 Å². The van der Waals surface area contributed by atoms with Gasteiger partial charge in [-0.05, 0) is 42.4 Å². The predicted molar refractivity (Wildman–Crippen MR) is 132 cm³/mol. The van der Waals surface area contributed by atoms with Crippen LogP contribution >= 0.6 is 34.4 Å². The molecule has 0 atom stereocenters. The Morgan fingerprint density at radius 1 is 1.24 bits per heavy atom. The molecule has 1 amide bonds. The Hall–Kier alpha value is -2.60. The summed E-state index contributed by atoms with van der Waals surface area (Å²) in [7, 11) is 1.57. The standard InChI is InChI=1S/C22H21N5O3S3/c1-30-9-17-26-27-22(33-17)23-16(28)11-32-21-24-19(29)18-15(10-31-20(18)25-21)14-7-6-12-4-2-3-5-13(12)8-14/h6-8,10H,2-5,9,11H2,1H3,(H,23,27,28)(H,24,25,29). The van der Waals surface area contributed by atoms with Crippen molar-refractivity contribution in [3.63, 3.8) is 0 Å². The number of thioether (sulfide) groups is 1. The number of aromatic nitrogens is 4. The summed E-state index contributed by atoms with van der Waals surface area (Å²) in [6.07, 6.45) is 4.67. The van der Waals surface area contributed by atoms with Gasteiger partial charge in [-0.2, -0.15) is 0 Å². The van der Waals surface area contributed by atoms with Gasteiger partial charge in [-0.25, -0.2) is 4.98 Å². The molecular formula is C22H21N5O3S3. The molecule has 1 aliphatic carbocycles. The third-order valence-corrected chi connectivity index (χ3v) is 7.96. The van der Waals surface area contributed by atoms with E-state index in [1.54, 1.807) is 7.11 Å². The van der Waals surface area contributed by atoms with Crippen molar-refractivity contribution in [2.75, 3.05) is 18.2 Å². The number of benzene rings is 1. The number of fused-ring (bicyclic) bond motifs is 2. The topological polar surface area (TPSA) is 110 Å². The van der Waals surface area contributed by atoms with Gasteiger partial charge in [0.15, 0.2) is 5.16 Å². The fourth-order valence-electron chi connectivity index (χ4n) is 3.89. The van der Waals surface area contributed by atoms with Gasteiger partial charge < -0.3 is 9.72 Å². The van der Waals surface area contributed by atoms with Crippen LogP contribution in [0.2, 0.25) is 0 Å². The minimum atomic E-state index is -0.246. The van der Waals surface area contributed by atoms with Crippen LogP contribution in [-0.2, 0) is 29.0 Å². The highest BCUT2D eigenvalue weighted by molar-refractivity contribution is 7.99. The van der Waals surface area contributed by atoms with Crippen molar-refractivity contribution in [3.05, 3.63) is 50.1 Å². The quantitative estimate of drug-likeness (QED) is 0.289. The number of carbonyl (C=O) groups excluding carboxylic acids is 1. The van der Waals surface area contributed by atoms with E-state index in [4.69, 9.17) is 4.74 Å². The normalized spacial score (nSPS) is 13.2. The van der Waals surface area contributed by atoms with Crippen molar-refractivity contribution < 1.29 is 9.53 Å². The molecule has 4 aromatic rings. The molecule has 5 rings (SSSR count). The molecule has 11 heteroatoms. The van der Waals surface area contributed by atoms with Gasteiger partial charge in [-0.15, -0.1) is 21.5 Å². The monoisotopic (exact) mass is 499 g/mol. The van der Waals surface area contributed by atoms with Gasteiger partial charge in [0.05, 0.1) is 11.1 Å². The molecular weight excluding hydrogens is 478 g/mol. The lowest BCUT2D eigenvalue weighted by atomic mass is 9.89. The summed E-state index contributed by atoms with van der Waals surface area (Å²) in [5.74, 6) is -0.153. The molecule has 0 radical (unpaired) electrons. The first-order valence-corrected chi connectivity index (χ1v) is 13.2. The van der Waals surface area contributed by atoms with Crippen molar-refractivity contribution in [3.8, 4) is 11.1 Å². The van der Waals surface area contributed by atoms with Crippen LogP contribution in [0, 0.1) is 0 Å². The lowest BCUT2D eigenvalue weighted by Crippen LogP contribution is -2.15. The number of nitrogens with zero attached hydrogens (tertiary/aromatic N) is 3. The zero-order chi connectivity index (χ0) is 22.8. The number of methoxy groups -OCH3 is 1. The maximum absolute atomic E-state index is 12.9. The summed E-state index contributed by atoms with van der Waals surface area (Å²) in [4.78, 5) is 33.3. The van der Waals surface area contributed by atoms with Crippen LogP contribution in [0.1, 0.15) is 29.0 Å². The molecule has 3 heterocycles. The molecule has 0 spiro atoms. The van der Waals surface area contributed by atoms with Gasteiger partial charge in [0.2, 0.25) is 11.0 Å². The van der Waals surface area contributed by atoms with E-state index in [1.807, 2.05) is 5.38 Å². The summed E-state index contributed by atoms with van der Waals surface area (Å²) in [5, 5.41) is 14.7. The Bertz CT molecular complexity index is 1380. The number of anilines is 1. The maximum Gasteiger partial charge on any atom is 0.260 e. The lowest BCUT2D eigenvalue weighted by Gasteiger charge is -2.16. The Balaban J connectivity index is 1.31. The number of aromatic amines is 1. The number of aryl methyl sites for hydroxylation is 2. The third kappa shape index (κ3) is 4.86. The fraction of sp³-hybridized carbons (Fsp3) is 0.318. The number of nitrogens with one attached hydrogen (secondary N) is 2. The second-order valence-corrected chi connectivity index (χ2v) is 10.5. The van der Waals surface area contributed by atoms with Crippen LogP contribution in [0.4, 0.5) is 5.13 Å². The predicted octanol–water partition coefficient (Wildman–Crippen LogP) is 4.26. The number of carbonyl (C=O) groups is 1. The van der Waals surface area contributed by atoms with Gasteiger partial charge in [-0.1, -0.05) is 41.3 Å². The van der Waals surface area contributed by atoms with E-state index < -0.39 is 0 Å². The summed E-state index contributed by atoms with van der Waals surface area (Å²) in [5.41, 5.74) is 4.57. The molecule has 0 saturated carbocycles. The van der Waals surface area contributed by atoms with Crippen LogP contribution in [0.25, 0.3) is 21.3 Å². The molecule has 3 aromatic heterocycles. The second-order valence-electron chi connectivity index (χ2n) is 7.66. The Kier molecular flexibility index (Phi) is 6.54. The largest absolute Gasteiger partial charge is 0.377 e. The summed E-state index contributed by atoms with van der Waals surface area (Å²) in [6, 6.07) is 6.51. The third-order valence-electron chi connectivity index (χ3n) is 5.40. The molecule has 0 fully saturated rings. The average molecular weight is 500 g/mol. The van der Waals surface area contributed by atoms with E-state index in [2.05, 4.69) is 43.7 Å². The Morgan fingerprint density at radius 2 is 2.09 bits per heavy atom. The number of H-pyrrole nitrogens is 1. The van der Waals surface area contributed by atoms with Gasteiger partial charge in [0.25, 0.3) is 5.56 Å². The molecule has 1 aliphatic rings. The number of amides is 1. The van der Waals surface area contributed by atoms with Crippen LogP contribution in [0.15, 0.2) is 33.5 Å². The van der Waals surface area contributed by atoms with E-state index >= 15 is 0 Å². The summed E-state index contributed by atoms with van der Waals surface area (Å²) >= 11 is 3.88. The van der Waals surface area contributed by atoms with Crippen molar-refractivity contribution in [1.29, 1.82) is 0 Å². The SMILES string of the molecule is COCc1nnc(NC(=O)CSc2nc3scc(-c4ccc5c(c4)CCCC5)c3c(=O)[nH]2)s1. The molecule has 170 valence electrons. The molecule has 1 aromatic carbocycles. The van der Waals surface area contributed by atoms with Crippen LogP contribution in [0.5, 0.6) is 0 Å². The summed E-state index contributed by atoms with van der Waals surface area (Å²) < 4.78 is 5.00. The molecule has 0 saturated heterocycles. The van der Waals surface area contributed by atoms with Crippen LogP contribution < -0.4 is 10.9 Å². The van der Waals surface area contributed by atoms with Crippen molar-refractivity contribution >= 4 is 55.7 Å². The van der Waals surface area contributed by atoms with E-state index in [0.29, 0.717) is 32.1 Å². The zero-order valence-electron chi connectivity index (χ0n) is 17.8. The highest BCUT2D eigenvalue weighted by Gasteiger charge is 2.17. The van der Waals surface area contributed by atoms with Gasteiger partial charge in [0.1, 0.15) is 16.4 Å². The minimum Gasteiger partial charge on any atom is -0.377 e. The highest BCUT2D eigenvalue weighted by atomic mass is 32.2. The fourth-order valence-corrected chi connectivity index (χ4v) is 6.28. The number of ether oxygens (including phenoxy) is 1. The Labute approximate surface area is 201 Å². The van der Waals surface area contributed by atoms with Gasteiger partial charge in [0, 0.05) is 18.1 Å². The van der Waals surface area contributed by atoms with E-state index in [0.717, 1.165) is 24.0 Å². The molecule has 0 aliphatic heterocycles. The van der Waals surface area contributed by atoms with Gasteiger partial charge >= 0.3 is 0 Å². The summed E-state index contributed by atoms with van der Waals surface area (Å²) in [6.45, 7) is 0.349. The second kappa shape index (κ2) is 9.72. The van der Waals surface area contributed by atoms with Crippen molar-refractivity contribution in [1.82, 2.24) is 20.2 Å². The van der Waals surface area contributed by atoms with Crippen LogP contribution in [0.3, 0.4) is 0 Å². The maximum atomic E-state index is 12.9. The van der Waals surface area contributed by atoms with Crippen molar-refractivity contribution in [2.24, 2.45) is 0 Å². The number of thiophene rings is 1. The molecule has 2 N–H and O–H groups in total. The number of hydrogen-bond donors (Lipinski definition) is 2. The highest BCUT2D eigenvalue weighted by Crippen LogP contribution is 2.34. The first-order chi connectivity index (χ1) is 16.1. The lowest BCUT2D eigenvalue weighted by molar-refractivity contribution is -0.113. The average Bonchev–Trinajstić information content (AvgIpc) is 3.45. The number of rotatable bonds is 7. The first-order valence-electron chi connectivity index (χ1n) is 10.5. The van der Waals surface area contributed by atoms with Crippen molar-refractivity contribution in [2.45, 2.75) is 37.4 Å². The Morgan fingerprint density at radius 3 is 2.94 bits per heavy atom. The molecule has 8 nitrogen and oxygen atoms in total. The number of hydrogen-bond acceptors (Lipinski definition) is 9.